The first kappa shape index (κ1) is 16.9. The van der Waals surface area contributed by atoms with Crippen LogP contribution in [0.4, 0.5) is 0 Å². The van der Waals surface area contributed by atoms with Crippen molar-refractivity contribution in [2.75, 3.05) is 5.75 Å². The Morgan fingerprint density at radius 1 is 1.25 bits per heavy atom. The fourth-order valence-electron chi connectivity index (χ4n) is 6.91. The summed E-state index contributed by atoms with van der Waals surface area (Å²) in [6, 6.07) is 0. The molecule has 0 saturated heterocycles. The maximum Gasteiger partial charge on any atom is 0.146 e. The molecule has 0 radical (unpaired) electrons. The average molecular weight is 347 g/mol. The highest BCUT2D eigenvalue weighted by Crippen LogP contribution is 2.64. The van der Waals surface area contributed by atoms with Crippen molar-refractivity contribution in [2.24, 2.45) is 29.1 Å². The van der Waals surface area contributed by atoms with Crippen molar-refractivity contribution in [3.05, 3.63) is 23.8 Å². The van der Waals surface area contributed by atoms with E-state index in [1.54, 1.807) is 0 Å². The van der Waals surface area contributed by atoms with Gasteiger partial charge in [0.25, 0.3) is 0 Å². The number of fused-ring (bicyclic) bond motifs is 5. The summed E-state index contributed by atoms with van der Waals surface area (Å²) in [6.07, 6.45) is 10.5. The van der Waals surface area contributed by atoms with Crippen LogP contribution in [0.5, 0.6) is 0 Å². The summed E-state index contributed by atoms with van der Waals surface area (Å²) in [4.78, 5) is 12.4. The Bertz CT molecular complexity index is 609. The second-order valence-corrected chi connectivity index (χ2v) is 9.28. The molecule has 2 nitrogen and oxygen atoms in total. The largest absolute Gasteiger partial charge is 0.385 e. The normalized spacial score (nSPS) is 47.5. The van der Waals surface area contributed by atoms with Crippen LogP contribution in [0.3, 0.4) is 0 Å². The zero-order valence-corrected chi connectivity index (χ0v) is 15.7. The van der Waals surface area contributed by atoms with Crippen molar-refractivity contribution >= 4 is 18.4 Å². The van der Waals surface area contributed by atoms with Gasteiger partial charge in [-0.3, -0.25) is 4.79 Å². The minimum Gasteiger partial charge on any atom is -0.385 e. The third-order valence-electron chi connectivity index (χ3n) is 8.10. The topological polar surface area (TPSA) is 37.3 Å². The summed E-state index contributed by atoms with van der Waals surface area (Å²) in [5, 5.41) is 11.5. The Labute approximate surface area is 151 Å². The van der Waals surface area contributed by atoms with Crippen LogP contribution >= 0.6 is 12.6 Å². The summed E-state index contributed by atoms with van der Waals surface area (Å²) in [5.41, 5.74) is 1.95. The predicted molar refractivity (Wildman–Crippen MR) is 100 cm³/mol. The second kappa shape index (κ2) is 5.74. The van der Waals surface area contributed by atoms with Gasteiger partial charge in [-0.25, -0.2) is 0 Å². The second-order valence-electron chi connectivity index (χ2n) is 8.97. The molecule has 0 amide bonds. The molecule has 0 bridgehead atoms. The highest BCUT2D eigenvalue weighted by atomic mass is 32.1. The van der Waals surface area contributed by atoms with E-state index in [2.05, 4.69) is 32.2 Å². The first-order valence-corrected chi connectivity index (χ1v) is 10.3. The molecule has 0 aromatic carbocycles. The molecule has 4 aliphatic carbocycles. The lowest BCUT2D eigenvalue weighted by molar-refractivity contribution is -0.131. The SMILES string of the molecule is C=C1C=C2CCC3C(CCC4(C)C(C(=O)CS)CCC34)C2(O)CC1. The van der Waals surface area contributed by atoms with Crippen molar-refractivity contribution in [3.8, 4) is 0 Å². The lowest BCUT2D eigenvalue weighted by Gasteiger charge is -2.57. The van der Waals surface area contributed by atoms with E-state index in [0.29, 0.717) is 29.3 Å². The van der Waals surface area contributed by atoms with Crippen molar-refractivity contribution in [2.45, 2.75) is 63.9 Å². The van der Waals surface area contributed by atoms with Crippen molar-refractivity contribution in [1.29, 1.82) is 0 Å². The molecule has 0 spiro atoms. The highest BCUT2D eigenvalue weighted by molar-refractivity contribution is 7.81. The standard InChI is InChI=1S/C21H30O2S/c1-13-7-10-21(23)14(11-13)3-4-15-16-5-6-18(19(22)12-24)20(16,2)9-8-17(15)21/h11,15-18,23-24H,1,3-10,12H2,2H3. The van der Waals surface area contributed by atoms with Crippen LogP contribution in [0.15, 0.2) is 23.8 Å². The summed E-state index contributed by atoms with van der Waals surface area (Å²) < 4.78 is 0. The van der Waals surface area contributed by atoms with E-state index in [0.717, 1.165) is 44.9 Å². The Balaban J connectivity index is 1.65. The number of allylic oxidation sites excluding steroid dienone is 2. The van der Waals surface area contributed by atoms with E-state index in [9.17, 15) is 9.90 Å². The van der Waals surface area contributed by atoms with Crippen LogP contribution in [-0.2, 0) is 4.79 Å². The number of carbonyl (C=O) groups is 1. The summed E-state index contributed by atoms with van der Waals surface area (Å²) in [7, 11) is 0. The maximum atomic E-state index is 12.4. The molecule has 6 unspecified atom stereocenters. The summed E-state index contributed by atoms with van der Waals surface area (Å²) in [5.74, 6) is 2.47. The van der Waals surface area contributed by atoms with Gasteiger partial charge in [-0.15, -0.1) is 0 Å². The van der Waals surface area contributed by atoms with Crippen LogP contribution < -0.4 is 0 Å². The zero-order valence-electron chi connectivity index (χ0n) is 14.8. The third kappa shape index (κ3) is 2.23. The molecule has 24 heavy (non-hydrogen) atoms. The Kier molecular flexibility index (Phi) is 4.04. The van der Waals surface area contributed by atoms with E-state index in [-0.39, 0.29) is 11.3 Å². The number of Topliss-reactive ketones (excluding diaryl/α,β-unsaturated/α-hetero) is 1. The lowest BCUT2D eigenvalue weighted by atomic mass is 9.49. The van der Waals surface area contributed by atoms with Gasteiger partial charge in [-0.05, 0) is 80.1 Å². The van der Waals surface area contributed by atoms with Gasteiger partial charge in [0, 0.05) is 11.7 Å². The van der Waals surface area contributed by atoms with E-state index >= 15 is 0 Å². The number of ketones is 1. The number of carbonyl (C=O) groups excluding carboxylic acids is 1. The monoisotopic (exact) mass is 346 g/mol. The number of aliphatic hydroxyl groups is 1. The zero-order chi connectivity index (χ0) is 17.1. The molecule has 132 valence electrons. The van der Waals surface area contributed by atoms with Crippen LogP contribution in [0.2, 0.25) is 0 Å². The molecule has 1 N–H and O–H groups in total. The summed E-state index contributed by atoms with van der Waals surface area (Å²) in [6.45, 7) is 6.46. The van der Waals surface area contributed by atoms with Crippen LogP contribution in [0.1, 0.15) is 58.3 Å². The molecule has 4 aliphatic rings. The summed E-state index contributed by atoms with van der Waals surface area (Å²) >= 11 is 4.25. The average Bonchev–Trinajstić information content (AvgIpc) is 2.92. The molecule has 0 aromatic heterocycles. The Morgan fingerprint density at radius 2 is 2.04 bits per heavy atom. The predicted octanol–water partition coefficient (Wildman–Crippen LogP) is 4.35. The van der Waals surface area contributed by atoms with E-state index in [1.165, 1.54) is 17.6 Å². The van der Waals surface area contributed by atoms with Crippen molar-refractivity contribution in [1.82, 2.24) is 0 Å². The molecule has 0 aromatic rings. The first-order valence-electron chi connectivity index (χ1n) is 9.65. The Morgan fingerprint density at radius 3 is 2.79 bits per heavy atom. The van der Waals surface area contributed by atoms with Gasteiger partial charge >= 0.3 is 0 Å². The van der Waals surface area contributed by atoms with E-state index in [4.69, 9.17) is 0 Å². The smallest absolute Gasteiger partial charge is 0.146 e. The van der Waals surface area contributed by atoms with Crippen LogP contribution in [0, 0.1) is 29.1 Å². The van der Waals surface area contributed by atoms with Gasteiger partial charge in [0.1, 0.15) is 5.78 Å². The Hall–Kier alpha value is -0.540. The quantitative estimate of drug-likeness (QED) is 0.730. The minimum atomic E-state index is -0.600. The van der Waals surface area contributed by atoms with Gasteiger partial charge in [0.2, 0.25) is 0 Å². The van der Waals surface area contributed by atoms with E-state index < -0.39 is 5.60 Å². The van der Waals surface area contributed by atoms with E-state index in [1.807, 2.05) is 0 Å². The number of hydrogen-bond acceptors (Lipinski definition) is 3. The van der Waals surface area contributed by atoms with Gasteiger partial charge in [0.05, 0.1) is 5.60 Å². The maximum absolute atomic E-state index is 12.4. The van der Waals surface area contributed by atoms with Gasteiger partial charge in [-0.2, -0.15) is 12.6 Å². The van der Waals surface area contributed by atoms with Gasteiger partial charge in [0.15, 0.2) is 0 Å². The van der Waals surface area contributed by atoms with Crippen LogP contribution in [-0.4, -0.2) is 22.2 Å². The number of rotatable bonds is 2. The highest BCUT2D eigenvalue weighted by Gasteiger charge is 2.60. The molecule has 3 fully saturated rings. The molecule has 4 rings (SSSR count). The molecule has 0 heterocycles. The molecule has 3 heteroatoms. The third-order valence-corrected chi connectivity index (χ3v) is 8.42. The van der Waals surface area contributed by atoms with Gasteiger partial charge in [-0.1, -0.05) is 25.2 Å². The lowest BCUT2D eigenvalue weighted by Crippen LogP contribution is -2.55. The first-order chi connectivity index (χ1) is 11.4. The fourth-order valence-corrected chi connectivity index (χ4v) is 7.13. The van der Waals surface area contributed by atoms with Crippen LogP contribution in [0.25, 0.3) is 0 Å². The molecule has 3 saturated carbocycles. The molecule has 0 aliphatic heterocycles. The number of thiol groups is 1. The molecular weight excluding hydrogens is 316 g/mol. The van der Waals surface area contributed by atoms with Gasteiger partial charge < -0.3 is 5.11 Å². The number of hydrogen-bond donors (Lipinski definition) is 2. The minimum absolute atomic E-state index is 0.136. The van der Waals surface area contributed by atoms with Crippen molar-refractivity contribution < 1.29 is 9.90 Å². The molecular formula is C21H30O2S. The molecule has 6 atom stereocenters. The fraction of sp³-hybridized carbons (Fsp3) is 0.762. The van der Waals surface area contributed by atoms with Crippen molar-refractivity contribution in [3.63, 3.8) is 0 Å².